The van der Waals surface area contributed by atoms with Crippen LogP contribution in [0.4, 0.5) is 26.2 Å². The van der Waals surface area contributed by atoms with Crippen LogP contribution in [0.1, 0.15) is 15.9 Å². The number of ether oxygens (including phenoxy) is 2. The zero-order valence-corrected chi connectivity index (χ0v) is 19.6. The summed E-state index contributed by atoms with van der Waals surface area (Å²) in [5.74, 6) is -0.736. The molecule has 0 bridgehead atoms. The van der Waals surface area contributed by atoms with Gasteiger partial charge in [0.2, 0.25) is 0 Å². The third kappa shape index (κ3) is 5.33. The van der Waals surface area contributed by atoms with Gasteiger partial charge in [0.1, 0.15) is 23.4 Å². The molecule has 0 radical (unpaired) electrons. The standard InChI is InChI=1S/C23H18ClFN4O4S/c1-32-20-11-21(33-2)19(10-16(20)24)28-23(31)29(34)14-7-8-18(13(9-14)12-26)27-22(30)15-5-3-4-6-17(15)25/h3-11,34H,1-2H3,(H,27,30)(H,28,31). The van der Waals surface area contributed by atoms with Crippen molar-refractivity contribution in [3.8, 4) is 17.6 Å². The zero-order valence-electron chi connectivity index (χ0n) is 17.9. The lowest BCUT2D eigenvalue weighted by Gasteiger charge is -2.19. The number of carbonyl (C=O) groups excluding carboxylic acids is 2. The molecule has 0 aliphatic heterocycles. The first-order valence-corrected chi connectivity index (χ1v) is 10.4. The Labute approximate surface area is 205 Å². The Balaban J connectivity index is 1.81. The van der Waals surface area contributed by atoms with Crippen molar-refractivity contribution in [3.63, 3.8) is 0 Å². The largest absolute Gasteiger partial charge is 0.495 e. The summed E-state index contributed by atoms with van der Waals surface area (Å²) in [5.41, 5.74) is 0.522. The number of nitriles is 1. The van der Waals surface area contributed by atoms with Gasteiger partial charge in [-0.15, -0.1) is 0 Å². The Morgan fingerprint density at radius 1 is 1.03 bits per heavy atom. The average Bonchev–Trinajstić information content (AvgIpc) is 2.84. The molecule has 0 saturated carbocycles. The fourth-order valence-corrected chi connectivity index (χ4v) is 3.36. The van der Waals surface area contributed by atoms with Crippen LogP contribution in [0.3, 0.4) is 0 Å². The van der Waals surface area contributed by atoms with Gasteiger partial charge in [0.25, 0.3) is 5.91 Å². The highest BCUT2D eigenvalue weighted by Gasteiger charge is 2.19. The minimum atomic E-state index is -0.716. The predicted molar refractivity (Wildman–Crippen MR) is 131 cm³/mol. The van der Waals surface area contributed by atoms with E-state index >= 15 is 0 Å². The zero-order chi connectivity index (χ0) is 24.8. The molecule has 0 saturated heterocycles. The Bertz CT molecular complexity index is 1300. The van der Waals surface area contributed by atoms with E-state index in [4.69, 9.17) is 21.1 Å². The SMILES string of the molecule is COc1cc(OC)c(NC(=O)N(S)c2ccc(NC(=O)c3ccccc3F)c(C#N)c2)cc1Cl. The average molecular weight is 501 g/mol. The fraction of sp³-hybridized carbons (Fsp3) is 0.0870. The summed E-state index contributed by atoms with van der Waals surface area (Å²) < 4.78 is 25.2. The maximum Gasteiger partial charge on any atom is 0.336 e. The molecule has 3 rings (SSSR count). The van der Waals surface area contributed by atoms with Gasteiger partial charge in [-0.2, -0.15) is 5.26 Å². The number of methoxy groups -OCH3 is 2. The predicted octanol–water partition coefficient (Wildman–Crippen LogP) is 5.50. The first-order chi connectivity index (χ1) is 16.3. The number of rotatable bonds is 6. The number of urea groups is 1. The number of hydrogen-bond acceptors (Lipinski definition) is 6. The highest BCUT2D eigenvalue weighted by molar-refractivity contribution is 7.82. The topological polar surface area (TPSA) is 104 Å². The van der Waals surface area contributed by atoms with E-state index in [1.165, 1.54) is 62.8 Å². The molecule has 3 aromatic carbocycles. The number of amides is 3. The summed E-state index contributed by atoms with van der Waals surface area (Å²) in [7, 11) is 2.87. The molecule has 0 fully saturated rings. The third-order valence-electron chi connectivity index (χ3n) is 4.64. The van der Waals surface area contributed by atoms with Crippen LogP contribution in [0.2, 0.25) is 5.02 Å². The van der Waals surface area contributed by atoms with Gasteiger partial charge in [-0.25, -0.2) is 13.5 Å². The van der Waals surface area contributed by atoms with Gasteiger partial charge < -0.3 is 20.1 Å². The maximum absolute atomic E-state index is 13.9. The van der Waals surface area contributed by atoms with E-state index in [0.29, 0.717) is 11.5 Å². The fourth-order valence-electron chi connectivity index (χ4n) is 2.94. The summed E-state index contributed by atoms with van der Waals surface area (Å²) in [6, 6.07) is 13.9. The Kier molecular flexibility index (Phi) is 7.83. The molecule has 0 aromatic heterocycles. The van der Waals surface area contributed by atoms with Gasteiger partial charge in [0, 0.05) is 6.07 Å². The summed E-state index contributed by atoms with van der Waals surface area (Å²) in [6.45, 7) is 0. The van der Waals surface area contributed by atoms with Crippen molar-refractivity contribution >= 4 is 53.4 Å². The minimum Gasteiger partial charge on any atom is -0.495 e. The van der Waals surface area contributed by atoms with Crippen molar-refractivity contribution in [1.82, 2.24) is 0 Å². The monoisotopic (exact) mass is 500 g/mol. The number of benzene rings is 3. The number of thiol groups is 1. The van der Waals surface area contributed by atoms with Crippen LogP contribution in [0.5, 0.6) is 11.5 Å². The molecule has 0 spiro atoms. The van der Waals surface area contributed by atoms with Crippen molar-refractivity contribution in [2.45, 2.75) is 0 Å². The number of anilines is 3. The van der Waals surface area contributed by atoms with Gasteiger partial charge >= 0.3 is 6.03 Å². The van der Waals surface area contributed by atoms with E-state index in [0.717, 1.165) is 10.4 Å². The molecular weight excluding hydrogens is 483 g/mol. The van der Waals surface area contributed by atoms with E-state index in [2.05, 4.69) is 23.4 Å². The summed E-state index contributed by atoms with van der Waals surface area (Å²) >= 11 is 10.3. The maximum atomic E-state index is 13.9. The lowest BCUT2D eigenvalue weighted by atomic mass is 10.1. The quantitative estimate of drug-likeness (QED) is 0.387. The van der Waals surface area contributed by atoms with Crippen molar-refractivity contribution in [3.05, 3.63) is 76.6 Å². The van der Waals surface area contributed by atoms with Crippen LogP contribution in [0, 0.1) is 17.1 Å². The second-order valence-corrected chi connectivity index (χ2v) is 7.51. The summed E-state index contributed by atoms with van der Waals surface area (Å²) in [5, 5.41) is 14.9. The van der Waals surface area contributed by atoms with E-state index in [1.54, 1.807) is 0 Å². The Morgan fingerprint density at radius 2 is 1.74 bits per heavy atom. The molecule has 174 valence electrons. The van der Waals surface area contributed by atoms with Crippen molar-refractivity contribution in [1.29, 1.82) is 5.26 Å². The number of halogens is 2. The molecule has 0 aliphatic rings. The van der Waals surface area contributed by atoms with Crippen LogP contribution in [0.25, 0.3) is 0 Å². The Hall–Kier alpha value is -3.94. The second kappa shape index (κ2) is 10.8. The van der Waals surface area contributed by atoms with Crippen LogP contribution < -0.4 is 24.4 Å². The summed E-state index contributed by atoms with van der Waals surface area (Å²) in [4.78, 5) is 25.1. The van der Waals surface area contributed by atoms with Crippen LogP contribution >= 0.6 is 24.4 Å². The molecule has 8 nitrogen and oxygen atoms in total. The first kappa shape index (κ1) is 24.7. The van der Waals surface area contributed by atoms with Crippen molar-refractivity contribution in [2.75, 3.05) is 29.2 Å². The van der Waals surface area contributed by atoms with E-state index < -0.39 is 17.8 Å². The molecule has 3 aromatic rings. The molecule has 3 amide bonds. The lowest BCUT2D eigenvalue weighted by Crippen LogP contribution is -2.27. The molecule has 0 unspecified atom stereocenters. The van der Waals surface area contributed by atoms with Gasteiger partial charge in [-0.1, -0.05) is 36.5 Å². The minimum absolute atomic E-state index is 0.0408. The van der Waals surface area contributed by atoms with E-state index in [-0.39, 0.29) is 33.2 Å². The van der Waals surface area contributed by atoms with E-state index in [1.807, 2.05) is 6.07 Å². The van der Waals surface area contributed by atoms with E-state index in [9.17, 15) is 19.2 Å². The number of hydrogen-bond donors (Lipinski definition) is 3. The number of carbonyl (C=O) groups is 2. The van der Waals surface area contributed by atoms with Gasteiger partial charge in [0.05, 0.1) is 47.4 Å². The first-order valence-electron chi connectivity index (χ1n) is 9.60. The molecule has 2 N–H and O–H groups in total. The third-order valence-corrected chi connectivity index (χ3v) is 5.35. The van der Waals surface area contributed by atoms with Crippen LogP contribution in [0.15, 0.2) is 54.6 Å². The second-order valence-electron chi connectivity index (χ2n) is 6.70. The van der Waals surface area contributed by atoms with Gasteiger partial charge in [-0.05, 0) is 36.4 Å². The lowest BCUT2D eigenvalue weighted by molar-refractivity contribution is 0.102. The molecule has 0 heterocycles. The van der Waals surface area contributed by atoms with Crippen molar-refractivity contribution < 1.29 is 23.5 Å². The number of nitrogens with zero attached hydrogens (tertiary/aromatic N) is 2. The van der Waals surface area contributed by atoms with Gasteiger partial charge in [-0.3, -0.25) is 4.79 Å². The molecule has 0 atom stereocenters. The molecule has 0 aliphatic carbocycles. The summed E-state index contributed by atoms with van der Waals surface area (Å²) in [6.07, 6.45) is 0. The highest BCUT2D eigenvalue weighted by atomic mass is 35.5. The Morgan fingerprint density at radius 3 is 2.38 bits per heavy atom. The van der Waals surface area contributed by atoms with Gasteiger partial charge in [0.15, 0.2) is 0 Å². The highest BCUT2D eigenvalue weighted by Crippen LogP contribution is 2.36. The molecule has 11 heteroatoms. The number of nitrogens with one attached hydrogen (secondary N) is 2. The molecule has 34 heavy (non-hydrogen) atoms. The van der Waals surface area contributed by atoms with Crippen molar-refractivity contribution in [2.24, 2.45) is 0 Å². The molecular formula is C23H18ClFN4O4S. The normalized spacial score (nSPS) is 10.1. The van der Waals surface area contributed by atoms with Crippen LogP contribution in [-0.4, -0.2) is 26.2 Å². The smallest absolute Gasteiger partial charge is 0.336 e. The van der Waals surface area contributed by atoms with Crippen LogP contribution in [-0.2, 0) is 0 Å².